The van der Waals surface area contributed by atoms with Gasteiger partial charge in [0.05, 0.1) is 98.1 Å². The van der Waals surface area contributed by atoms with Gasteiger partial charge in [0.15, 0.2) is 18.9 Å². The maximum Gasteiger partial charge on any atom is 2.00 e. The molecule has 32 heteroatoms. The van der Waals surface area contributed by atoms with Gasteiger partial charge in [-0.15, -0.1) is 37.4 Å². The van der Waals surface area contributed by atoms with Crippen LogP contribution in [0.3, 0.4) is 0 Å². The van der Waals surface area contributed by atoms with Gasteiger partial charge in [-0.1, -0.05) is 107 Å². The summed E-state index contributed by atoms with van der Waals surface area (Å²) in [4.78, 5) is 21.7. The third kappa shape index (κ3) is 14.1. The van der Waals surface area contributed by atoms with Gasteiger partial charge in [0.1, 0.15) is 90.3 Å². The van der Waals surface area contributed by atoms with Crippen molar-refractivity contribution in [1.29, 1.82) is 0 Å². The minimum atomic E-state index is -1.62. The topological polar surface area (TPSA) is 444 Å². The standard InChI is InChI=1S/C71H67N13O18.Zn/c85-29-53-60(88)63(91)66(94)69(100-53)97-32-39-26-82(79-76-39)42-12-6-36(7-13-42)57-47-20-18-45(72-47)56(35-4-2-1-3-5-35)46-19-21-48(73-46)58(37-8-14-43(15-9-37)83-27-40(77-80-83)33-98-70-67(95)64(92)61(89)54(30-86)101-70)50-23-25-52(75-50)59(51-24-22-49(57)74-51)38-10-16-44(17-11-38)84-28-41(78-81-84)34-99-71-68(96)65(93)62(90)55(31-87)102-71;/h1-28,53-55,60-71,85-96H,29-34H2;/q-2;+2/t53-,54-,55-,60-,61-,62-,63+,64+,65+,66-,67-,68-,69-,70-,71-;/m1./s1. The number of nitrogens with zero attached hydrogens (tertiary/aromatic N) is 13. The van der Waals surface area contributed by atoms with Crippen LogP contribution in [-0.2, 0) is 67.7 Å². The predicted octanol–water partition coefficient (Wildman–Crippen LogP) is 1.27. The Morgan fingerprint density at radius 2 is 0.612 bits per heavy atom. The van der Waals surface area contributed by atoms with E-state index in [1.165, 1.54) is 4.68 Å². The number of rotatable bonds is 19. The van der Waals surface area contributed by atoms with Crippen molar-refractivity contribution < 1.29 is 109 Å². The molecule has 0 amide bonds. The molecule has 4 aromatic carbocycles. The summed E-state index contributed by atoms with van der Waals surface area (Å²) in [7, 11) is 0. The van der Waals surface area contributed by atoms with Crippen LogP contribution in [0.1, 0.15) is 39.9 Å². The van der Waals surface area contributed by atoms with E-state index in [2.05, 4.69) is 30.9 Å². The van der Waals surface area contributed by atoms with Gasteiger partial charge in [-0.3, -0.25) is 0 Å². The summed E-state index contributed by atoms with van der Waals surface area (Å²) in [6.07, 6.45) is -9.19. The van der Waals surface area contributed by atoms with Gasteiger partial charge in [0, 0.05) is 0 Å². The summed E-state index contributed by atoms with van der Waals surface area (Å²) in [5, 5.41) is 148. The van der Waals surface area contributed by atoms with E-state index in [4.69, 9.17) is 48.4 Å². The quantitative estimate of drug-likeness (QED) is 0.0507. The second kappa shape index (κ2) is 30.2. The van der Waals surface area contributed by atoms with Crippen molar-refractivity contribution in [3.05, 3.63) is 186 Å². The fraction of sp³-hybridized carbons (Fsp3) is 0.296. The minimum Gasteiger partial charge on any atom is -0.657 e. The number of fused-ring (bicyclic) bond motifs is 8. The number of ether oxygens (including phenoxy) is 6. The average molecular weight is 1460 g/mol. The van der Waals surface area contributed by atoms with Crippen molar-refractivity contribution in [3.8, 4) is 61.6 Å². The molecule has 15 rings (SSSR count). The Morgan fingerprint density at radius 3 is 0.883 bits per heavy atom. The summed E-state index contributed by atoms with van der Waals surface area (Å²) in [6.45, 7) is -2.42. The number of aliphatic hydroxyl groups excluding tert-OH is 12. The van der Waals surface area contributed by atoms with Crippen molar-refractivity contribution in [2.24, 2.45) is 0 Å². The first-order valence-electron chi connectivity index (χ1n) is 32.5. The Morgan fingerprint density at radius 1 is 0.340 bits per heavy atom. The molecular formula is C71H67N13O18Zn. The molecular weight excluding hydrogens is 1390 g/mol. The van der Waals surface area contributed by atoms with Gasteiger partial charge in [-0.25, -0.2) is 24.0 Å². The predicted molar refractivity (Wildman–Crippen MR) is 359 cm³/mol. The molecule has 0 radical (unpaired) electrons. The third-order valence-corrected chi connectivity index (χ3v) is 18.3. The van der Waals surface area contributed by atoms with Crippen LogP contribution in [0.15, 0.2) is 146 Å². The SMILES string of the molecule is OC[C@H]1O[C@@H](OCc2cn(-c3ccc(-c4c5nc(c(-c6ccc(-n7cc(CO[C@@H]8O[C@H](CO)[C@@H](O)[C@H](O)[C@H]8O)nn7)cc6)c6ccc([n-]6)c(-c6ccc(-n7cc(CO[C@@H]8O[C@H](CO)[C@@H](O)[C@H](O)[C@H]8O)nn7)cc6)c6nc(c(-c7ccccc7)c7ccc4[n-]7)C=C6)C=C5)cc3)nn2)[C@H](O)[C@@H](O)[C@@H]1O.[Zn+2]. The first-order valence-corrected chi connectivity index (χ1v) is 32.5. The second-order valence-electron chi connectivity index (χ2n) is 24.9. The van der Waals surface area contributed by atoms with Crippen LogP contribution in [-0.4, -0.2) is 228 Å². The second-order valence-corrected chi connectivity index (χ2v) is 24.9. The van der Waals surface area contributed by atoms with E-state index in [9.17, 15) is 61.3 Å². The van der Waals surface area contributed by atoms with E-state index < -0.39 is 112 Å². The minimum absolute atomic E-state index is 0. The molecule has 5 aliphatic heterocycles. The normalized spacial score (nSPS) is 25.5. The van der Waals surface area contributed by atoms with E-state index in [1.54, 1.807) is 28.0 Å². The fourth-order valence-corrected chi connectivity index (χ4v) is 12.8. The molecule has 0 spiro atoms. The van der Waals surface area contributed by atoms with Crippen molar-refractivity contribution in [3.63, 3.8) is 0 Å². The molecule has 12 N–H and O–H groups in total. The average Bonchev–Trinajstić information content (AvgIpc) is 1.62. The van der Waals surface area contributed by atoms with Gasteiger partial charge < -0.3 is 99.7 Å². The zero-order chi connectivity index (χ0) is 70.4. The molecule has 11 heterocycles. The van der Waals surface area contributed by atoms with Crippen LogP contribution >= 0.6 is 0 Å². The van der Waals surface area contributed by atoms with Crippen LogP contribution in [0.25, 0.3) is 108 Å². The molecule has 8 bridgehead atoms. The van der Waals surface area contributed by atoms with Gasteiger partial charge in [-0.2, -0.15) is 0 Å². The van der Waals surface area contributed by atoms with Gasteiger partial charge in [0.25, 0.3) is 0 Å². The molecule has 5 aliphatic rings. The molecule has 31 nitrogen and oxygen atoms in total. The van der Waals surface area contributed by atoms with Crippen molar-refractivity contribution in [2.45, 2.75) is 112 Å². The molecule has 15 atom stereocenters. The maximum absolute atomic E-state index is 10.6. The molecule has 10 aromatic rings. The molecule has 3 fully saturated rings. The van der Waals surface area contributed by atoms with Crippen LogP contribution in [0.4, 0.5) is 0 Å². The number of hydrogen-bond acceptors (Lipinski definition) is 26. The van der Waals surface area contributed by atoms with E-state index in [0.29, 0.717) is 95.7 Å². The van der Waals surface area contributed by atoms with E-state index in [-0.39, 0.29) is 39.3 Å². The largest absolute Gasteiger partial charge is 2.00 e. The number of benzene rings is 4. The van der Waals surface area contributed by atoms with E-state index in [0.717, 1.165) is 27.8 Å². The third-order valence-electron chi connectivity index (χ3n) is 18.3. The monoisotopic (exact) mass is 1450 g/mol. The summed E-state index contributed by atoms with van der Waals surface area (Å²) in [5.41, 5.74) is 13.5. The van der Waals surface area contributed by atoms with Crippen LogP contribution in [0, 0.1) is 0 Å². The molecule has 103 heavy (non-hydrogen) atoms. The zero-order valence-corrected chi connectivity index (χ0v) is 57.4. The fourth-order valence-electron chi connectivity index (χ4n) is 12.8. The van der Waals surface area contributed by atoms with Gasteiger partial charge in [0.2, 0.25) is 0 Å². The van der Waals surface area contributed by atoms with Crippen LogP contribution < -0.4 is 9.97 Å². The van der Waals surface area contributed by atoms with Gasteiger partial charge in [-0.05, 0) is 105 Å². The molecule has 0 aliphatic carbocycles. The summed E-state index contributed by atoms with van der Waals surface area (Å²) < 4.78 is 38.4. The first-order chi connectivity index (χ1) is 49.6. The molecule has 0 saturated carbocycles. The molecule has 0 unspecified atom stereocenters. The van der Waals surface area contributed by atoms with Crippen LogP contribution in [0.2, 0.25) is 0 Å². The zero-order valence-electron chi connectivity index (χ0n) is 54.4. The Balaban J connectivity index is 0.00000897. The number of hydrogen-bond donors (Lipinski definition) is 12. The van der Waals surface area contributed by atoms with Gasteiger partial charge >= 0.3 is 19.5 Å². The summed E-state index contributed by atoms with van der Waals surface area (Å²) in [5.74, 6) is 0. The Hall–Kier alpha value is -9.20. The molecule has 3 saturated heterocycles. The van der Waals surface area contributed by atoms with E-state index in [1.807, 2.05) is 152 Å². The Labute approximate surface area is 596 Å². The maximum atomic E-state index is 10.6. The molecule has 526 valence electrons. The Kier molecular flexibility index (Phi) is 20.8. The van der Waals surface area contributed by atoms with Crippen LogP contribution in [0.5, 0.6) is 0 Å². The smallest absolute Gasteiger partial charge is 0.657 e. The number of aliphatic hydroxyl groups is 12. The Bertz CT molecular complexity index is 4760. The summed E-state index contributed by atoms with van der Waals surface area (Å²) >= 11 is 0. The summed E-state index contributed by atoms with van der Waals surface area (Å²) in [6, 6.07) is 40.3. The van der Waals surface area contributed by atoms with Crippen molar-refractivity contribution in [2.75, 3.05) is 19.8 Å². The number of aromatic nitrogens is 13. The first kappa shape index (κ1) is 70.8. The van der Waals surface area contributed by atoms with E-state index >= 15 is 0 Å². The van der Waals surface area contributed by atoms with Crippen molar-refractivity contribution >= 4 is 46.4 Å². The molecule has 6 aromatic heterocycles. The van der Waals surface area contributed by atoms with Crippen molar-refractivity contribution in [1.82, 2.24) is 64.9 Å².